The summed E-state index contributed by atoms with van der Waals surface area (Å²) in [6.07, 6.45) is 0.135. The van der Waals surface area contributed by atoms with Crippen LogP contribution in [0.25, 0.3) is 22.3 Å². The molecule has 39 heavy (non-hydrogen) atoms. The fraction of sp³-hybridized carbons (Fsp3) is 0.387. The molecule has 0 spiro atoms. The lowest BCUT2D eigenvalue weighted by molar-refractivity contribution is 0.0992. The summed E-state index contributed by atoms with van der Waals surface area (Å²) in [6.45, 7) is 15.3. The van der Waals surface area contributed by atoms with Crippen LogP contribution in [0.4, 0.5) is 0 Å². The average Bonchev–Trinajstić information content (AvgIpc) is 3.32. The number of nitrogens with zero attached hydrogens (tertiary/aromatic N) is 2. The van der Waals surface area contributed by atoms with Crippen molar-refractivity contribution in [2.75, 3.05) is 14.2 Å². The third-order valence-electron chi connectivity index (χ3n) is 7.75. The number of hydrogen-bond donors (Lipinski definition) is 1. The molecule has 0 aliphatic heterocycles. The van der Waals surface area contributed by atoms with Gasteiger partial charge < -0.3 is 13.9 Å². The molecule has 2 heterocycles. The van der Waals surface area contributed by atoms with Crippen molar-refractivity contribution in [3.63, 3.8) is 0 Å². The van der Waals surface area contributed by atoms with Gasteiger partial charge in [-0.15, -0.1) is 0 Å². The maximum atomic E-state index is 13.1. The van der Waals surface area contributed by atoms with Crippen LogP contribution in [0.5, 0.6) is 11.5 Å². The maximum absolute atomic E-state index is 13.1. The van der Waals surface area contributed by atoms with Gasteiger partial charge in [-0.1, -0.05) is 32.9 Å². The zero-order valence-electron chi connectivity index (χ0n) is 24.4. The van der Waals surface area contributed by atoms with Gasteiger partial charge in [0.2, 0.25) is 0 Å². The highest BCUT2D eigenvalue weighted by Crippen LogP contribution is 2.40. The fourth-order valence-corrected chi connectivity index (χ4v) is 5.72. The summed E-state index contributed by atoms with van der Waals surface area (Å²) in [5, 5.41) is 8.76. The summed E-state index contributed by atoms with van der Waals surface area (Å²) in [6, 6.07) is 15.4. The second-order valence-corrected chi connectivity index (χ2v) is 16.3. The van der Waals surface area contributed by atoms with E-state index in [1.807, 2.05) is 31.2 Å². The van der Waals surface area contributed by atoms with Crippen LogP contribution in [0.15, 0.2) is 48.5 Å². The van der Waals surface area contributed by atoms with E-state index >= 15 is 0 Å². The predicted octanol–water partition coefficient (Wildman–Crippen LogP) is 7.46. The van der Waals surface area contributed by atoms with Crippen LogP contribution in [0.1, 0.15) is 61.0 Å². The van der Waals surface area contributed by atoms with Gasteiger partial charge in [0.15, 0.2) is 19.7 Å². The van der Waals surface area contributed by atoms with Crippen molar-refractivity contribution >= 4 is 25.1 Å². The number of methoxy groups -OCH3 is 2. The molecule has 0 fully saturated rings. The van der Waals surface area contributed by atoms with Crippen LogP contribution in [0.2, 0.25) is 18.1 Å². The molecule has 8 heteroatoms. The van der Waals surface area contributed by atoms with E-state index < -0.39 is 8.32 Å². The minimum absolute atomic E-state index is 0.0157. The Morgan fingerprint density at radius 3 is 2.28 bits per heavy atom. The van der Waals surface area contributed by atoms with E-state index in [9.17, 15) is 4.79 Å². The van der Waals surface area contributed by atoms with Crippen LogP contribution >= 0.6 is 0 Å². The monoisotopic (exact) mass is 545 g/mol. The third kappa shape index (κ3) is 6.07. The first-order valence-corrected chi connectivity index (χ1v) is 16.1. The molecule has 0 aliphatic carbocycles. The lowest BCUT2D eigenvalue weighted by Crippen LogP contribution is -2.41. The van der Waals surface area contributed by atoms with Gasteiger partial charge in [0.25, 0.3) is 0 Å². The van der Waals surface area contributed by atoms with E-state index in [-0.39, 0.29) is 23.3 Å². The summed E-state index contributed by atoms with van der Waals surface area (Å²) in [4.78, 5) is 18.0. The number of Topliss-reactive ketones (excluding diaryl/α,β-unsaturated/α-hetero) is 1. The number of pyridine rings is 1. The van der Waals surface area contributed by atoms with Crippen LogP contribution in [0, 0.1) is 6.92 Å². The number of ketones is 1. The number of fused-ring (bicyclic) bond motifs is 1. The Kier molecular flexibility index (Phi) is 8.00. The first-order valence-electron chi connectivity index (χ1n) is 13.2. The van der Waals surface area contributed by atoms with E-state index in [2.05, 4.69) is 57.1 Å². The molecule has 4 rings (SSSR count). The van der Waals surface area contributed by atoms with Gasteiger partial charge >= 0.3 is 0 Å². The second kappa shape index (κ2) is 10.9. The molecule has 0 bridgehead atoms. The van der Waals surface area contributed by atoms with E-state index in [1.165, 1.54) is 0 Å². The first-order chi connectivity index (χ1) is 18.3. The van der Waals surface area contributed by atoms with Gasteiger partial charge in [-0.2, -0.15) is 5.10 Å². The highest BCUT2D eigenvalue weighted by molar-refractivity contribution is 6.74. The van der Waals surface area contributed by atoms with Crippen molar-refractivity contribution in [2.24, 2.45) is 0 Å². The molecule has 0 saturated heterocycles. The van der Waals surface area contributed by atoms with Crippen molar-refractivity contribution in [3.05, 3.63) is 70.9 Å². The summed E-state index contributed by atoms with van der Waals surface area (Å²) >= 11 is 0. The van der Waals surface area contributed by atoms with Crippen molar-refractivity contribution in [1.82, 2.24) is 15.2 Å². The normalized spacial score (nSPS) is 12.9. The predicted molar refractivity (Wildman–Crippen MR) is 158 cm³/mol. The summed E-state index contributed by atoms with van der Waals surface area (Å²) in [7, 11) is 1.20. The largest absolute Gasteiger partial charge is 0.497 e. The molecule has 0 amide bonds. The summed E-state index contributed by atoms with van der Waals surface area (Å²) < 4.78 is 17.3. The molecule has 0 unspecified atom stereocenters. The molecule has 206 valence electrons. The number of aromatic amines is 1. The summed E-state index contributed by atoms with van der Waals surface area (Å²) in [5.41, 5.74) is 5.91. The Morgan fingerprint density at radius 1 is 1.00 bits per heavy atom. The van der Waals surface area contributed by atoms with Crippen molar-refractivity contribution in [3.8, 4) is 22.8 Å². The number of hydrogen-bond acceptors (Lipinski definition) is 6. The van der Waals surface area contributed by atoms with E-state index in [0.717, 1.165) is 33.5 Å². The zero-order valence-corrected chi connectivity index (χ0v) is 25.4. The van der Waals surface area contributed by atoms with E-state index in [1.54, 1.807) is 32.4 Å². The lowest BCUT2D eigenvalue weighted by atomic mass is 9.97. The highest BCUT2D eigenvalue weighted by atomic mass is 28.4. The Bertz CT molecular complexity index is 1480. The van der Waals surface area contributed by atoms with Gasteiger partial charge in [-0.05, 0) is 73.4 Å². The molecule has 7 nitrogen and oxygen atoms in total. The number of ether oxygens (including phenoxy) is 2. The van der Waals surface area contributed by atoms with Crippen LogP contribution in [-0.4, -0.2) is 43.5 Å². The lowest BCUT2D eigenvalue weighted by Gasteiger charge is -2.38. The number of aryl methyl sites for hydroxylation is 1. The zero-order chi connectivity index (χ0) is 28.5. The number of rotatable bonds is 9. The van der Waals surface area contributed by atoms with Crippen molar-refractivity contribution < 1.29 is 18.7 Å². The second-order valence-electron chi connectivity index (χ2n) is 11.6. The number of carbonyl (C=O) groups is 1. The van der Waals surface area contributed by atoms with Gasteiger partial charge in [0, 0.05) is 29.0 Å². The van der Waals surface area contributed by atoms with E-state index in [0.29, 0.717) is 22.7 Å². The number of carbonyl (C=O) groups excluding carboxylic acids is 1. The van der Waals surface area contributed by atoms with Crippen LogP contribution in [0.3, 0.4) is 0 Å². The molecule has 4 aromatic rings. The molecule has 1 atom stereocenters. The SMILES string of the molecule is COc1cc(OC)cc(C(=O)Cc2ccc(C)c(-c3ccc4c([C@@H](C)O[Si](C)(C)C(C)(C)C)[nH]nc4n3)c2)c1. The standard InChI is InChI=1S/C31H39N3O4Si/c1-19-10-11-21(15-28(35)22-16-23(36-6)18-24(17-22)37-7)14-26(19)27-13-12-25-29(33-34-30(25)32-27)20(2)38-39(8,9)31(3,4)5/h10-14,16-18,20H,15H2,1-9H3,(H,32,33,34)/t20-/m1/s1. The van der Waals surface area contributed by atoms with Gasteiger partial charge in [-0.25, -0.2) is 4.98 Å². The minimum Gasteiger partial charge on any atom is -0.497 e. The quantitative estimate of drug-likeness (QED) is 0.174. The number of benzene rings is 2. The number of nitrogens with one attached hydrogen (secondary N) is 1. The van der Waals surface area contributed by atoms with Gasteiger partial charge in [0.05, 0.1) is 31.7 Å². The topological polar surface area (TPSA) is 86.3 Å². The molecular formula is C31H39N3O4Si. The Morgan fingerprint density at radius 2 is 1.67 bits per heavy atom. The maximum Gasteiger partial charge on any atom is 0.192 e. The van der Waals surface area contributed by atoms with Gasteiger partial charge in [0.1, 0.15) is 11.5 Å². The van der Waals surface area contributed by atoms with Crippen LogP contribution in [-0.2, 0) is 10.8 Å². The Labute approximate surface area is 232 Å². The van der Waals surface area contributed by atoms with Crippen molar-refractivity contribution in [1.29, 1.82) is 0 Å². The Hall–Kier alpha value is -3.49. The van der Waals surface area contributed by atoms with Crippen molar-refractivity contribution in [2.45, 2.75) is 65.3 Å². The average molecular weight is 546 g/mol. The van der Waals surface area contributed by atoms with E-state index in [4.69, 9.17) is 18.9 Å². The molecule has 1 N–H and O–H groups in total. The Balaban J connectivity index is 1.60. The third-order valence-corrected chi connectivity index (χ3v) is 12.3. The van der Waals surface area contributed by atoms with Gasteiger partial charge in [-0.3, -0.25) is 9.89 Å². The first kappa shape index (κ1) is 28.5. The number of H-pyrrole nitrogens is 1. The summed E-state index contributed by atoms with van der Waals surface area (Å²) in [5.74, 6) is 1.16. The highest BCUT2D eigenvalue weighted by Gasteiger charge is 2.39. The fourth-order valence-electron chi connectivity index (χ4n) is 4.37. The molecular weight excluding hydrogens is 506 g/mol. The smallest absolute Gasteiger partial charge is 0.192 e. The molecule has 0 aliphatic rings. The number of aromatic nitrogens is 3. The molecule has 0 radical (unpaired) electrons. The molecule has 2 aromatic carbocycles. The van der Waals surface area contributed by atoms with Crippen LogP contribution < -0.4 is 9.47 Å². The minimum atomic E-state index is -1.95. The molecule has 2 aromatic heterocycles. The molecule has 0 saturated carbocycles.